The molecule has 0 radical (unpaired) electrons. The van der Waals surface area contributed by atoms with Gasteiger partial charge in [-0.2, -0.15) is 4.31 Å². The molecule has 28 heavy (non-hydrogen) atoms. The largest absolute Gasteiger partial charge is 0.379 e. The molecule has 0 atom stereocenters. The summed E-state index contributed by atoms with van der Waals surface area (Å²) in [6.07, 6.45) is 4.28. The van der Waals surface area contributed by atoms with E-state index in [1.807, 2.05) is 12.3 Å². The van der Waals surface area contributed by atoms with Crippen LogP contribution in [0.4, 0.5) is 11.4 Å². The Morgan fingerprint density at radius 1 is 1.25 bits per heavy atom. The van der Waals surface area contributed by atoms with Gasteiger partial charge >= 0.3 is 0 Å². The van der Waals surface area contributed by atoms with Gasteiger partial charge in [0.2, 0.25) is 10.0 Å². The first-order chi connectivity index (χ1) is 13.4. The van der Waals surface area contributed by atoms with Crippen LogP contribution in [0.3, 0.4) is 0 Å². The topological polar surface area (TPSA) is 105 Å². The van der Waals surface area contributed by atoms with E-state index in [0.29, 0.717) is 31.7 Å². The molecule has 2 aromatic rings. The first-order valence-electron chi connectivity index (χ1n) is 9.31. The zero-order valence-corrected chi connectivity index (χ0v) is 17.4. The Bertz CT molecular complexity index is 935. The van der Waals surface area contributed by atoms with Crippen LogP contribution in [0.2, 0.25) is 0 Å². The average Bonchev–Trinajstić information content (AvgIpc) is 2.90. The molecule has 0 bridgehead atoms. The van der Waals surface area contributed by atoms with Crippen molar-refractivity contribution in [2.75, 3.05) is 25.0 Å². The van der Waals surface area contributed by atoms with Crippen molar-refractivity contribution in [2.24, 2.45) is 0 Å². The van der Waals surface area contributed by atoms with Gasteiger partial charge in [-0.1, -0.05) is 12.8 Å². The molecule has 1 N–H and O–H groups in total. The third-order valence-electron chi connectivity index (χ3n) is 4.73. The molecule has 3 rings (SSSR count). The molecule has 1 aliphatic rings. The maximum Gasteiger partial charge on any atom is 0.293 e. The van der Waals surface area contributed by atoms with Gasteiger partial charge in [0.15, 0.2) is 0 Å². The average molecular weight is 425 g/mol. The maximum absolute atomic E-state index is 12.9. The number of benzene rings is 1. The first-order valence-corrected chi connectivity index (χ1v) is 11.6. The van der Waals surface area contributed by atoms with Crippen LogP contribution in [0.15, 0.2) is 28.5 Å². The van der Waals surface area contributed by atoms with E-state index >= 15 is 0 Å². The predicted octanol–water partition coefficient (Wildman–Crippen LogP) is 3.58. The molecule has 1 fully saturated rings. The van der Waals surface area contributed by atoms with E-state index in [1.165, 1.54) is 16.4 Å². The first kappa shape index (κ1) is 20.7. The van der Waals surface area contributed by atoms with Crippen molar-refractivity contribution < 1.29 is 13.3 Å². The minimum absolute atomic E-state index is 0.0261. The maximum atomic E-state index is 12.9. The summed E-state index contributed by atoms with van der Waals surface area (Å²) in [6, 6.07) is 4.09. The fraction of sp³-hybridized carbons (Fsp3) is 0.500. The molecule has 0 saturated carbocycles. The lowest BCUT2D eigenvalue weighted by molar-refractivity contribution is -0.384. The molecule has 1 saturated heterocycles. The lowest BCUT2D eigenvalue weighted by atomic mass is 10.2. The number of nitrogens with one attached hydrogen (secondary N) is 1. The number of nitro groups is 1. The Morgan fingerprint density at radius 2 is 1.96 bits per heavy atom. The highest BCUT2D eigenvalue weighted by Crippen LogP contribution is 2.30. The van der Waals surface area contributed by atoms with Gasteiger partial charge in [-0.05, 0) is 31.9 Å². The van der Waals surface area contributed by atoms with E-state index < -0.39 is 14.9 Å². The predicted molar refractivity (Wildman–Crippen MR) is 109 cm³/mol. The molecule has 2 heterocycles. The summed E-state index contributed by atoms with van der Waals surface area (Å²) in [7, 11) is -3.73. The monoisotopic (exact) mass is 424 g/mol. The van der Waals surface area contributed by atoms with Gasteiger partial charge in [-0.3, -0.25) is 10.1 Å². The second-order valence-electron chi connectivity index (χ2n) is 6.79. The number of aromatic nitrogens is 1. The Morgan fingerprint density at radius 3 is 2.57 bits per heavy atom. The highest BCUT2D eigenvalue weighted by molar-refractivity contribution is 7.89. The smallest absolute Gasteiger partial charge is 0.293 e. The van der Waals surface area contributed by atoms with Crippen LogP contribution in [0, 0.1) is 17.0 Å². The van der Waals surface area contributed by atoms with Gasteiger partial charge in [-0.25, -0.2) is 13.4 Å². The highest BCUT2D eigenvalue weighted by Gasteiger charge is 2.28. The Balaban J connectivity index is 1.77. The van der Waals surface area contributed by atoms with E-state index in [1.54, 1.807) is 11.3 Å². The molecule has 0 unspecified atom stereocenters. The van der Waals surface area contributed by atoms with Crippen molar-refractivity contribution in [1.29, 1.82) is 0 Å². The van der Waals surface area contributed by atoms with Crippen molar-refractivity contribution in [3.63, 3.8) is 0 Å². The van der Waals surface area contributed by atoms with E-state index in [4.69, 9.17) is 0 Å². The molecule has 152 valence electrons. The van der Waals surface area contributed by atoms with Gasteiger partial charge in [0.25, 0.3) is 5.69 Å². The standard InChI is InChI=1S/C18H24N4O4S2/c1-14-20-15(13-27-14)8-9-19-17-7-6-16(12-18(17)22(23)24)28(25,26)21-10-4-2-3-5-11-21/h6-7,12-13,19H,2-5,8-11H2,1H3. The number of anilines is 1. The number of nitrogens with zero attached hydrogens (tertiary/aromatic N) is 3. The van der Waals surface area contributed by atoms with Crippen LogP contribution in [-0.4, -0.2) is 42.3 Å². The molecule has 1 aromatic carbocycles. The number of rotatable bonds is 7. The van der Waals surface area contributed by atoms with Crippen LogP contribution in [0.5, 0.6) is 0 Å². The van der Waals surface area contributed by atoms with E-state index in [0.717, 1.165) is 42.5 Å². The third-order valence-corrected chi connectivity index (χ3v) is 7.45. The summed E-state index contributed by atoms with van der Waals surface area (Å²) in [4.78, 5) is 15.3. The van der Waals surface area contributed by atoms with E-state index in [-0.39, 0.29) is 10.6 Å². The van der Waals surface area contributed by atoms with Gasteiger partial charge in [0.1, 0.15) is 5.69 Å². The summed E-state index contributed by atoms with van der Waals surface area (Å²) < 4.78 is 27.2. The van der Waals surface area contributed by atoms with Gasteiger partial charge in [0, 0.05) is 37.5 Å². The number of aryl methyl sites for hydroxylation is 1. The van der Waals surface area contributed by atoms with Crippen LogP contribution in [-0.2, 0) is 16.4 Å². The fourth-order valence-corrected chi connectivity index (χ4v) is 5.44. The van der Waals surface area contributed by atoms with Gasteiger partial charge < -0.3 is 5.32 Å². The minimum atomic E-state index is -3.73. The molecule has 1 aromatic heterocycles. The molecule has 8 nitrogen and oxygen atoms in total. The highest BCUT2D eigenvalue weighted by atomic mass is 32.2. The summed E-state index contributed by atoms with van der Waals surface area (Å²) >= 11 is 1.56. The molecule has 0 amide bonds. The molecule has 1 aliphatic heterocycles. The normalized spacial score (nSPS) is 15.9. The lowest BCUT2D eigenvalue weighted by Gasteiger charge is -2.20. The second-order valence-corrected chi connectivity index (χ2v) is 9.79. The molecule has 0 spiro atoms. The summed E-state index contributed by atoms with van der Waals surface area (Å²) in [6.45, 7) is 3.32. The molecule has 10 heteroatoms. The number of hydrogen-bond acceptors (Lipinski definition) is 7. The summed E-state index contributed by atoms with van der Waals surface area (Å²) in [5.74, 6) is 0. The second kappa shape index (κ2) is 8.97. The SMILES string of the molecule is Cc1nc(CCNc2ccc(S(=O)(=O)N3CCCCCC3)cc2[N+](=O)[O-])cs1. The van der Waals surface area contributed by atoms with Crippen molar-refractivity contribution in [3.05, 3.63) is 44.4 Å². The van der Waals surface area contributed by atoms with Crippen molar-refractivity contribution in [1.82, 2.24) is 9.29 Å². The van der Waals surface area contributed by atoms with Gasteiger partial charge in [0.05, 0.1) is 20.5 Å². The fourth-order valence-electron chi connectivity index (χ4n) is 3.25. The van der Waals surface area contributed by atoms with E-state index in [2.05, 4.69) is 10.3 Å². The number of thiazole rings is 1. The minimum Gasteiger partial charge on any atom is -0.379 e. The Hall–Kier alpha value is -2.04. The van der Waals surface area contributed by atoms with Crippen LogP contribution in [0.1, 0.15) is 36.4 Å². The molecular weight excluding hydrogens is 400 g/mol. The third kappa shape index (κ3) is 4.86. The van der Waals surface area contributed by atoms with E-state index in [9.17, 15) is 18.5 Å². The van der Waals surface area contributed by atoms with Crippen molar-refractivity contribution in [2.45, 2.75) is 43.9 Å². The zero-order valence-electron chi connectivity index (χ0n) is 15.8. The van der Waals surface area contributed by atoms with Crippen LogP contribution in [0.25, 0.3) is 0 Å². The number of hydrogen-bond donors (Lipinski definition) is 1. The zero-order chi connectivity index (χ0) is 20.1. The number of nitro benzene ring substituents is 1. The molecular formula is C18H24N4O4S2. The summed E-state index contributed by atoms with van der Waals surface area (Å²) in [5, 5.41) is 17.5. The van der Waals surface area contributed by atoms with Crippen LogP contribution < -0.4 is 5.32 Å². The number of sulfonamides is 1. The van der Waals surface area contributed by atoms with Crippen molar-refractivity contribution in [3.8, 4) is 0 Å². The Kier molecular flexibility index (Phi) is 6.63. The summed E-state index contributed by atoms with van der Waals surface area (Å²) in [5.41, 5.74) is 1.01. The quantitative estimate of drug-likeness (QED) is 0.538. The van der Waals surface area contributed by atoms with Crippen LogP contribution >= 0.6 is 11.3 Å². The van der Waals surface area contributed by atoms with Gasteiger partial charge in [-0.15, -0.1) is 11.3 Å². The Labute approximate surface area is 168 Å². The molecule has 0 aliphatic carbocycles. The lowest BCUT2D eigenvalue weighted by Crippen LogP contribution is -2.32. The van der Waals surface area contributed by atoms with Crippen molar-refractivity contribution >= 4 is 32.7 Å².